The van der Waals surface area contributed by atoms with Crippen molar-refractivity contribution in [1.82, 2.24) is 20.5 Å². The van der Waals surface area contributed by atoms with Gasteiger partial charge in [0.1, 0.15) is 5.82 Å². The lowest BCUT2D eigenvalue weighted by Gasteiger charge is -2.33. The van der Waals surface area contributed by atoms with Crippen LogP contribution in [0.3, 0.4) is 0 Å². The van der Waals surface area contributed by atoms with Gasteiger partial charge in [0.05, 0.1) is 20.8 Å². The maximum absolute atomic E-state index is 5.39. The average molecular weight is 554 g/mol. The van der Waals surface area contributed by atoms with Crippen LogP contribution in [0.5, 0.6) is 11.5 Å². The Balaban J connectivity index is 0.00000363. The summed E-state index contributed by atoms with van der Waals surface area (Å²) in [4.78, 5) is 14.0. The van der Waals surface area contributed by atoms with E-state index in [1.807, 2.05) is 30.5 Å². The van der Waals surface area contributed by atoms with Gasteiger partial charge in [0, 0.05) is 45.5 Å². The zero-order chi connectivity index (χ0) is 22.1. The largest absolute Gasteiger partial charge is 0.493 e. The van der Waals surface area contributed by atoms with E-state index in [4.69, 9.17) is 14.5 Å². The fourth-order valence-corrected chi connectivity index (χ4v) is 3.46. The van der Waals surface area contributed by atoms with Crippen molar-refractivity contribution in [2.45, 2.75) is 20.0 Å². The number of nitrogens with one attached hydrogen (secondary N) is 2. The van der Waals surface area contributed by atoms with Crippen molar-refractivity contribution in [3.8, 4) is 11.5 Å². The molecule has 0 atom stereocenters. The monoisotopic (exact) mass is 554 g/mol. The van der Waals surface area contributed by atoms with Crippen LogP contribution in [-0.2, 0) is 13.1 Å². The molecule has 0 saturated carbocycles. The highest BCUT2D eigenvalue weighted by atomic mass is 127. The molecule has 3 rings (SSSR count). The molecule has 0 aliphatic carbocycles. The minimum absolute atomic E-state index is 0. The van der Waals surface area contributed by atoms with Crippen molar-refractivity contribution >= 4 is 35.8 Å². The summed E-state index contributed by atoms with van der Waals surface area (Å²) in [5.41, 5.74) is 2.23. The number of hydrogen-bond acceptors (Lipinski definition) is 6. The Labute approximate surface area is 208 Å². The number of benzene rings is 1. The van der Waals surface area contributed by atoms with Crippen LogP contribution in [-0.4, -0.2) is 69.8 Å². The number of anilines is 1. The first kappa shape index (κ1) is 26.0. The molecule has 176 valence electrons. The highest BCUT2D eigenvalue weighted by Gasteiger charge is 2.15. The molecule has 1 aromatic heterocycles. The fraction of sp³-hybridized carbons (Fsp3) is 0.478. The van der Waals surface area contributed by atoms with E-state index in [0.717, 1.165) is 50.1 Å². The number of pyridine rings is 1. The van der Waals surface area contributed by atoms with Gasteiger partial charge in [-0.05, 0) is 49.4 Å². The topological polar surface area (TPSA) is 74.2 Å². The molecule has 9 heteroatoms. The third-order valence-corrected chi connectivity index (χ3v) is 5.31. The van der Waals surface area contributed by atoms with Gasteiger partial charge in [0.25, 0.3) is 0 Å². The van der Waals surface area contributed by atoms with Gasteiger partial charge < -0.3 is 29.9 Å². The number of hydrogen-bond donors (Lipinski definition) is 2. The molecular weight excluding hydrogens is 519 g/mol. The summed E-state index contributed by atoms with van der Waals surface area (Å²) in [5, 5.41) is 6.73. The standard InChI is InChI=1S/C23H34N6O2.HI/c1-5-24-23(26-16-18-6-7-20(30-3)21(14-18)31-4)27-17-19-8-9-25-22(15-19)29-12-10-28(2)11-13-29;/h6-9,14-15H,5,10-13,16-17H2,1-4H3,(H2,24,26,27);1H. The van der Waals surface area contributed by atoms with Crippen LogP contribution in [0, 0.1) is 0 Å². The van der Waals surface area contributed by atoms with E-state index in [2.05, 4.69) is 45.5 Å². The van der Waals surface area contributed by atoms with Crippen LogP contribution in [0.15, 0.2) is 41.5 Å². The Morgan fingerprint density at radius 3 is 2.44 bits per heavy atom. The molecule has 0 amide bonds. The number of aromatic nitrogens is 1. The SMILES string of the molecule is CCNC(=NCc1ccc(OC)c(OC)c1)NCc1ccnc(N2CCN(C)CC2)c1.I. The van der Waals surface area contributed by atoms with Gasteiger partial charge in [-0.2, -0.15) is 0 Å². The van der Waals surface area contributed by atoms with Gasteiger partial charge in [-0.15, -0.1) is 24.0 Å². The minimum atomic E-state index is 0. The Hall–Kier alpha value is -2.27. The lowest BCUT2D eigenvalue weighted by molar-refractivity contribution is 0.312. The third kappa shape index (κ3) is 7.40. The summed E-state index contributed by atoms with van der Waals surface area (Å²) >= 11 is 0. The lowest BCUT2D eigenvalue weighted by atomic mass is 10.2. The number of ether oxygens (including phenoxy) is 2. The zero-order valence-electron chi connectivity index (χ0n) is 19.4. The molecular formula is C23H35IN6O2. The van der Waals surface area contributed by atoms with Crippen LogP contribution >= 0.6 is 24.0 Å². The molecule has 1 saturated heterocycles. The third-order valence-electron chi connectivity index (χ3n) is 5.31. The molecule has 1 fully saturated rings. The number of guanidine groups is 1. The van der Waals surface area contributed by atoms with E-state index in [-0.39, 0.29) is 24.0 Å². The fourth-order valence-electron chi connectivity index (χ4n) is 3.46. The van der Waals surface area contributed by atoms with E-state index in [1.165, 1.54) is 5.56 Å². The van der Waals surface area contributed by atoms with E-state index >= 15 is 0 Å². The maximum atomic E-state index is 5.39. The Bertz CT molecular complexity index is 871. The van der Waals surface area contributed by atoms with Crippen molar-refractivity contribution < 1.29 is 9.47 Å². The molecule has 2 N–H and O–H groups in total. The van der Waals surface area contributed by atoms with Gasteiger partial charge in [-0.3, -0.25) is 0 Å². The van der Waals surface area contributed by atoms with Crippen molar-refractivity contribution in [1.29, 1.82) is 0 Å². The number of rotatable bonds is 8. The quantitative estimate of drug-likeness (QED) is 0.296. The van der Waals surface area contributed by atoms with Crippen molar-refractivity contribution in [2.75, 3.05) is 58.9 Å². The van der Waals surface area contributed by atoms with E-state index in [1.54, 1.807) is 14.2 Å². The molecule has 0 unspecified atom stereocenters. The van der Waals surface area contributed by atoms with E-state index < -0.39 is 0 Å². The van der Waals surface area contributed by atoms with Gasteiger partial charge in [0.15, 0.2) is 17.5 Å². The number of aliphatic imine (C=N–C) groups is 1. The Kier molecular flexibility index (Phi) is 10.8. The van der Waals surface area contributed by atoms with Crippen molar-refractivity contribution in [3.63, 3.8) is 0 Å². The van der Waals surface area contributed by atoms with Crippen LogP contribution < -0.4 is 25.0 Å². The second-order valence-corrected chi connectivity index (χ2v) is 7.55. The Morgan fingerprint density at radius 2 is 1.75 bits per heavy atom. The van der Waals surface area contributed by atoms with Crippen LogP contribution in [0.25, 0.3) is 0 Å². The van der Waals surface area contributed by atoms with Gasteiger partial charge in [-0.1, -0.05) is 6.07 Å². The predicted molar refractivity (Wildman–Crippen MR) is 141 cm³/mol. The van der Waals surface area contributed by atoms with Gasteiger partial charge >= 0.3 is 0 Å². The predicted octanol–water partition coefficient (Wildman–Crippen LogP) is 2.72. The zero-order valence-corrected chi connectivity index (χ0v) is 21.8. The average Bonchev–Trinajstić information content (AvgIpc) is 2.81. The summed E-state index contributed by atoms with van der Waals surface area (Å²) in [7, 11) is 5.44. The molecule has 8 nitrogen and oxygen atoms in total. The van der Waals surface area contributed by atoms with Crippen molar-refractivity contribution in [3.05, 3.63) is 47.7 Å². The lowest BCUT2D eigenvalue weighted by Crippen LogP contribution is -2.44. The summed E-state index contributed by atoms with van der Waals surface area (Å²) in [5.74, 6) is 3.24. The van der Waals surface area contributed by atoms with E-state index in [9.17, 15) is 0 Å². The molecule has 0 bridgehead atoms. The normalized spacial score (nSPS) is 14.5. The first-order valence-electron chi connectivity index (χ1n) is 10.7. The first-order chi connectivity index (χ1) is 15.1. The second-order valence-electron chi connectivity index (χ2n) is 7.55. The minimum Gasteiger partial charge on any atom is -0.493 e. The summed E-state index contributed by atoms with van der Waals surface area (Å²) in [6.07, 6.45) is 1.89. The maximum Gasteiger partial charge on any atom is 0.191 e. The molecule has 1 aromatic carbocycles. The molecule has 2 aromatic rings. The first-order valence-corrected chi connectivity index (χ1v) is 10.7. The highest BCUT2D eigenvalue weighted by molar-refractivity contribution is 14.0. The van der Waals surface area contributed by atoms with E-state index in [0.29, 0.717) is 24.6 Å². The van der Waals surface area contributed by atoms with Crippen LogP contribution in [0.4, 0.5) is 5.82 Å². The van der Waals surface area contributed by atoms with Gasteiger partial charge in [0.2, 0.25) is 0 Å². The number of piperazine rings is 1. The summed E-state index contributed by atoms with van der Waals surface area (Å²) in [6, 6.07) is 10.1. The smallest absolute Gasteiger partial charge is 0.191 e. The number of likely N-dealkylation sites (N-methyl/N-ethyl adjacent to an activating group) is 1. The molecule has 0 radical (unpaired) electrons. The van der Waals surface area contributed by atoms with Crippen molar-refractivity contribution in [2.24, 2.45) is 4.99 Å². The second kappa shape index (κ2) is 13.3. The molecule has 1 aliphatic rings. The highest BCUT2D eigenvalue weighted by Crippen LogP contribution is 2.27. The van der Waals surface area contributed by atoms with Crippen LogP contribution in [0.2, 0.25) is 0 Å². The number of halogens is 1. The van der Waals surface area contributed by atoms with Gasteiger partial charge in [-0.25, -0.2) is 9.98 Å². The summed E-state index contributed by atoms with van der Waals surface area (Å²) < 4.78 is 10.7. The Morgan fingerprint density at radius 1 is 1.00 bits per heavy atom. The molecule has 0 spiro atoms. The molecule has 1 aliphatic heterocycles. The number of methoxy groups -OCH3 is 2. The summed E-state index contributed by atoms with van der Waals surface area (Å²) in [6.45, 7) is 8.23. The number of nitrogens with zero attached hydrogens (tertiary/aromatic N) is 4. The van der Waals surface area contributed by atoms with Crippen LogP contribution in [0.1, 0.15) is 18.1 Å². The molecule has 2 heterocycles. The molecule has 32 heavy (non-hydrogen) atoms.